The third-order valence-corrected chi connectivity index (χ3v) is 4.87. The number of hydrogen-bond acceptors (Lipinski definition) is 7. The molecule has 2 aromatic rings. The van der Waals surface area contributed by atoms with E-state index in [1.165, 1.54) is 34.4 Å². The predicted molar refractivity (Wildman–Crippen MR) is 61.8 cm³/mol. The summed E-state index contributed by atoms with van der Waals surface area (Å²) in [6.07, 6.45) is 0. The van der Waals surface area contributed by atoms with Crippen LogP contribution < -0.4 is 0 Å². The zero-order valence-corrected chi connectivity index (χ0v) is 10.8. The molecule has 0 aliphatic carbocycles. The van der Waals surface area contributed by atoms with E-state index in [-0.39, 0.29) is 6.61 Å². The van der Waals surface area contributed by atoms with Gasteiger partial charge < -0.3 is 5.11 Å². The zero-order chi connectivity index (χ0) is 10.8. The highest BCUT2D eigenvalue weighted by Crippen LogP contribution is 2.35. The molecule has 0 atom stereocenters. The quantitative estimate of drug-likeness (QED) is 0.936. The van der Waals surface area contributed by atoms with Crippen molar-refractivity contribution in [1.29, 1.82) is 0 Å². The molecule has 0 aromatic carbocycles. The first-order chi connectivity index (χ1) is 7.19. The van der Waals surface area contributed by atoms with E-state index in [0.717, 1.165) is 13.7 Å². The standard InChI is InChI=1S/C7H6ClN3OS3/c1-3-10-11-7(13-3)15-6-9-5(8)4(2-12)14-6/h12H,2H2,1H3. The van der Waals surface area contributed by atoms with E-state index in [9.17, 15) is 0 Å². The Hall–Kier alpha value is -0.210. The van der Waals surface area contributed by atoms with Gasteiger partial charge in [-0.25, -0.2) is 4.98 Å². The average Bonchev–Trinajstić information content (AvgIpc) is 2.73. The van der Waals surface area contributed by atoms with E-state index in [1.54, 1.807) is 0 Å². The maximum Gasteiger partial charge on any atom is 0.181 e. The molecule has 0 saturated heterocycles. The molecule has 0 bridgehead atoms. The van der Waals surface area contributed by atoms with Gasteiger partial charge in [-0.05, 0) is 18.7 Å². The summed E-state index contributed by atoms with van der Waals surface area (Å²) in [4.78, 5) is 4.79. The fraction of sp³-hybridized carbons (Fsp3) is 0.286. The monoisotopic (exact) mass is 279 g/mol. The van der Waals surface area contributed by atoms with Crippen molar-refractivity contribution in [3.63, 3.8) is 0 Å². The van der Waals surface area contributed by atoms with Gasteiger partial charge in [-0.2, -0.15) is 0 Å². The van der Waals surface area contributed by atoms with Crippen molar-refractivity contribution in [2.24, 2.45) is 0 Å². The van der Waals surface area contributed by atoms with Crippen LogP contribution in [0.25, 0.3) is 0 Å². The predicted octanol–water partition coefficient (Wildman–Crippen LogP) is 2.60. The van der Waals surface area contributed by atoms with Crippen molar-refractivity contribution < 1.29 is 5.11 Å². The van der Waals surface area contributed by atoms with Crippen molar-refractivity contribution in [2.45, 2.75) is 22.2 Å². The molecule has 0 saturated carbocycles. The summed E-state index contributed by atoms with van der Waals surface area (Å²) in [6, 6.07) is 0. The van der Waals surface area contributed by atoms with Crippen molar-refractivity contribution in [2.75, 3.05) is 0 Å². The van der Waals surface area contributed by atoms with Crippen LogP contribution in [-0.4, -0.2) is 20.3 Å². The second-order valence-electron chi connectivity index (χ2n) is 2.54. The fourth-order valence-corrected chi connectivity index (χ4v) is 4.16. The lowest BCUT2D eigenvalue weighted by molar-refractivity contribution is 0.285. The third-order valence-electron chi connectivity index (χ3n) is 1.46. The van der Waals surface area contributed by atoms with Gasteiger partial charge in [0.2, 0.25) is 0 Å². The minimum absolute atomic E-state index is 0.0772. The van der Waals surface area contributed by atoms with E-state index in [2.05, 4.69) is 15.2 Å². The van der Waals surface area contributed by atoms with Gasteiger partial charge in [0.15, 0.2) is 8.68 Å². The van der Waals surface area contributed by atoms with Gasteiger partial charge in [0.25, 0.3) is 0 Å². The molecule has 2 rings (SSSR count). The summed E-state index contributed by atoms with van der Waals surface area (Å²) in [5.41, 5.74) is 0. The highest BCUT2D eigenvalue weighted by molar-refractivity contribution is 8.02. The molecule has 0 amide bonds. The van der Waals surface area contributed by atoms with Gasteiger partial charge in [0.05, 0.1) is 11.5 Å². The number of thiazole rings is 1. The molecule has 4 nitrogen and oxygen atoms in total. The lowest BCUT2D eigenvalue weighted by Gasteiger charge is -1.86. The van der Waals surface area contributed by atoms with Gasteiger partial charge in [-0.3, -0.25) is 0 Å². The van der Waals surface area contributed by atoms with Crippen LogP contribution >= 0.6 is 46.0 Å². The number of aromatic nitrogens is 3. The first kappa shape index (κ1) is 11.3. The minimum Gasteiger partial charge on any atom is -0.391 e. The minimum atomic E-state index is -0.0772. The fourth-order valence-electron chi connectivity index (χ4n) is 0.848. The lowest BCUT2D eigenvalue weighted by Crippen LogP contribution is -1.75. The second-order valence-corrected chi connectivity index (χ2v) is 6.66. The summed E-state index contributed by atoms with van der Waals surface area (Å²) < 4.78 is 1.61. The van der Waals surface area contributed by atoms with Gasteiger partial charge >= 0.3 is 0 Å². The van der Waals surface area contributed by atoms with Crippen molar-refractivity contribution in [3.8, 4) is 0 Å². The second kappa shape index (κ2) is 4.75. The number of halogens is 1. The first-order valence-electron chi connectivity index (χ1n) is 3.93. The average molecular weight is 280 g/mol. The molecular formula is C7H6ClN3OS3. The molecule has 0 unspecified atom stereocenters. The van der Waals surface area contributed by atoms with Crippen LogP contribution in [0.4, 0.5) is 0 Å². The Morgan fingerprint density at radius 2 is 2.13 bits per heavy atom. The number of aliphatic hydroxyl groups excluding tert-OH is 1. The maximum atomic E-state index is 8.95. The largest absolute Gasteiger partial charge is 0.391 e. The van der Waals surface area contributed by atoms with Crippen molar-refractivity contribution in [3.05, 3.63) is 15.0 Å². The molecule has 0 aliphatic heterocycles. The summed E-state index contributed by atoms with van der Waals surface area (Å²) in [6.45, 7) is 1.82. The van der Waals surface area contributed by atoms with Gasteiger partial charge in [0, 0.05) is 0 Å². The lowest BCUT2D eigenvalue weighted by atomic mass is 10.6. The molecule has 0 radical (unpaired) electrons. The molecule has 2 aromatic heterocycles. The summed E-state index contributed by atoms with van der Waals surface area (Å²) >= 11 is 10.1. The normalized spacial score (nSPS) is 10.9. The Bertz CT molecular complexity index is 470. The van der Waals surface area contributed by atoms with E-state index in [1.807, 2.05) is 6.92 Å². The Morgan fingerprint density at radius 3 is 2.67 bits per heavy atom. The summed E-state index contributed by atoms with van der Waals surface area (Å²) in [5, 5.41) is 18.1. The van der Waals surface area contributed by atoms with E-state index in [4.69, 9.17) is 16.7 Å². The SMILES string of the molecule is Cc1nnc(Sc2nc(Cl)c(CO)s2)s1. The smallest absolute Gasteiger partial charge is 0.181 e. The van der Waals surface area contributed by atoms with E-state index >= 15 is 0 Å². The number of nitrogens with zero attached hydrogens (tertiary/aromatic N) is 3. The number of aryl methyl sites for hydroxylation is 1. The Kier molecular flexibility index (Phi) is 3.57. The number of aliphatic hydroxyl groups is 1. The Morgan fingerprint density at radius 1 is 1.33 bits per heavy atom. The molecule has 0 spiro atoms. The molecule has 2 heterocycles. The molecule has 0 fully saturated rings. The first-order valence-corrected chi connectivity index (χ1v) is 6.76. The molecule has 15 heavy (non-hydrogen) atoms. The van der Waals surface area contributed by atoms with Crippen LogP contribution in [0.5, 0.6) is 0 Å². The van der Waals surface area contributed by atoms with Gasteiger partial charge in [-0.15, -0.1) is 21.5 Å². The van der Waals surface area contributed by atoms with E-state index < -0.39 is 0 Å². The van der Waals surface area contributed by atoms with Crippen LogP contribution in [0, 0.1) is 6.92 Å². The van der Waals surface area contributed by atoms with Crippen molar-refractivity contribution in [1.82, 2.24) is 15.2 Å². The Balaban J connectivity index is 2.17. The van der Waals surface area contributed by atoms with Crippen LogP contribution in [0.1, 0.15) is 9.88 Å². The van der Waals surface area contributed by atoms with Crippen LogP contribution in [0.15, 0.2) is 8.68 Å². The number of hydrogen-bond donors (Lipinski definition) is 1. The molecule has 1 N–H and O–H groups in total. The highest BCUT2D eigenvalue weighted by atomic mass is 35.5. The van der Waals surface area contributed by atoms with Gasteiger partial charge in [-0.1, -0.05) is 22.9 Å². The summed E-state index contributed by atoms with van der Waals surface area (Å²) in [7, 11) is 0. The van der Waals surface area contributed by atoms with Gasteiger partial charge in [0.1, 0.15) is 10.2 Å². The highest BCUT2D eigenvalue weighted by Gasteiger charge is 2.11. The zero-order valence-electron chi connectivity index (χ0n) is 7.60. The molecule has 0 aliphatic rings. The van der Waals surface area contributed by atoms with E-state index in [0.29, 0.717) is 10.0 Å². The van der Waals surface area contributed by atoms with Crippen LogP contribution in [0.3, 0.4) is 0 Å². The van der Waals surface area contributed by atoms with Crippen LogP contribution in [0.2, 0.25) is 5.15 Å². The summed E-state index contributed by atoms with van der Waals surface area (Å²) in [5.74, 6) is 0. The molecule has 8 heteroatoms. The number of rotatable bonds is 3. The molecular weight excluding hydrogens is 274 g/mol. The topological polar surface area (TPSA) is 58.9 Å². The van der Waals surface area contributed by atoms with Crippen LogP contribution in [-0.2, 0) is 6.61 Å². The Labute approximate surface area is 103 Å². The third kappa shape index (κ3) is 2.67. The maximum absolute atomic E-state index is 8.95. The van der Waals surface area contributed by atoms with Crippen molar-refractivity contribution >= 4 is 46.0 Å². The molecule has 80 valence electrons.